The van der Waals surface area contributed by atoms with Crippen molar-refractivity contribution in [2.45, 2.75) is 50.5 Å². The minimum Gasteiger partial charge on any atom is -0.502 e. The first-order chi connectivity index (χ1) is 11.8. The van der Waals surface area contributed by atoms with Gasteiger partial charge in [-0.1, -0.05) is 13.3 Å². The highest BCUT2D eigenvalue weighted by atomic mass is 16.7. The highest BCUT2D eigenvalue weighted by Gasteiger charge is 2.48. The van der Waals surface area contributed by atoms with Crippen LogP contribution in [0.4, 0.5) is 0 Å². The second kappa shape index (κ2) is 7.87. The second-order valence-corrected chi connectivity index (χ2v) is 5.75. The Bertz CT molecular complexity index is 618. The molecule has 5 unspecified atom stereocenters. The lowest BCUT2D eigenvalue weighted by atomic mass is 9.99. The van der Waals surface area contributed by atoms with Crippen molar-refractivity contribution in [1.82, 2.24) is 0 Å². The summed E-state index contributed by atoms with van der Waals surface area (Å²) in [7, 11) is 1.36. The molecule has 9 heteroatoms. The van der Waals surface area contributed by atoms with Gasteiger partial charge in [0, 0.05) is 0 Å². The number of ether oxygens (including phenoxy) is 3. The maximum atomic E-state index is 11.1. The monoisotopic (exact) mass is 358 g/mol. The lowest BCUT2D eigenvalue weighted by Gasteiger charge is -2.38. The van der Waals surface area contributed by atoms with E-state index in [1.54, 1.807) is 6.07 Å². The van der Waals surface area contributed by atoms with Gasteiger partial charge in [0.05, 0.1) is 7.11 Å². The topological polar surface area (TPSA) is 146 Å². The van der Waals surface area contributed by atoms with E-state index < -0.39 is 36.7 Å². The number of aliphatic hydroxyl groups excluding tert-OH is 3. The number of aromatic hydroxyl groups is 1. The smallest absolute Gasteiger partial charge is 0.335 e. The average molecular weight is 358 g/mol. The summed E-state index contributed by atoms with van der Waals surface area (Å²) in [5.74, 6) is -1.83. The summed E-state index contributed by atoms with van der Waals surface area (Å²) in [6.45, 7) is 1.96. The van der Waals surface area contributed by atoms with Gasteiger partial charge in [-0.25, -0.2) is 4.79 Å². The molecule has 1 heterocycles. The van der Waals surface area contributed by atoms with Gasteiger partial charge >= 0.3 is 5.97 Å². The number of aliphatic hydroxyl groups is 3. The molecule has 1 aliphatic rings. The summed E-state index contributed by atoms with van der Waals surface area (Å²) >= 11 is 0. The molecule has 1 aliphatic heterocycles. The summed E-state index contributed by atoms with van der Waals surface area (Å²) < 4.78 is 15.5. The third kappa shape index (κ3) is 3.96. The van der Waals surface area contributed by atoms with Crippen molar-refractivity contribution in [2.24, 2.45) is 0 Å². The van der Waals surface area contributed by atoms with Crippen molar-refractivity contribution < 1.29 is 44.5 Å². The molecule has 0 aliphatic carbocycles. The number of rotatable bonds is 6. The number of methoxy groups -OCH3 is 1. The van der Waals surface area contributed by atoms with Gasteiger partial charge in [-0.15, -0.1) is 0 Å². The van der Waals surface area contributed by atoms with Crippen LogP contribution in [0.15, 0.2) is 12.1 Å². The van der Waals surface area contributed by atoms with Crippen LogP contribution in [0, 0.1) is 0 Å². The summed E-state index contributed by atoms with van der Waals surface area (Å²) in [4.78, 5) is 11.1. The predicted octanol–water partition coefficient (Wildman–Crippen LogP) is -0.376. The van der Waals surface area contributed by atoms with E-state index >= 15 is 0 Å². The lowest BCUT2D eigenvalue weighted by Crippen LogP contribution is -2.61. The van der Waals surface area contributed by atoms with Crippen LogP contribution in [0.25, 0.3) is 0 Å². The number of phenolic OH excluding ortho intramolecular Hbond substituents is 1. The molecule has 25 heavy (non-hydrogen) atoms. The lowest BCUT2D eigenvalue weighted by molar-refractivity contribution is -0.271. The normalized spacial score (nSPS) is 29.2. The molecule has 0 spiro atoms. The fourth-order valence-electron chi connectivity index (χ4n) is 2.59. The molecule has 0 bridgehead atoms. The number of phenols is 1. The van der Waals surface area contributed by atoms with Crippen LogP contribution in [0.1, 0.15) is 18.9 Å². The van der Waals surface area contributed by atoms with Gasteiger partial charge in [0.15, 0.2) is 17.6 Å². The molecule has 2 rings (SSSR count). The molecule has 5 atom stereocenters. The standard InChI is InChI=1S/C16H22O9/c1-3-4-7-5-8(23-2)10(17)9(6-7)24-16-13(20)11(18)12(19)14(25-16)15(21)22/h5-6,11-14,16-20H,3-4H2,1-2H3,(H,21,22). The van der Waals surface area contributed by atoms with E-state index in [0.29, 0.717) is 6.42 Å². The van der Waals surface area contributed by atoms with Crippen LogP contribution >= 0.6 is 0 Å². The summed E-state index contributed by atoms with van der Waals surface area (Å²) in [6.07, 6.45) is -7.23. The summed E-state index contributed by atoms with van der Waals surface area (Å²) in [6, 6.07) is 3.13. The first kappa shape index (κ1) is 19.3. The highest BCUT2D eigenvalue weighted by Crippen LogP contribution is 2.39. The van der Waals surface area contributed by atoms with Crippen LogP contribution in [-0.2, 0) is 16.0 Å². The first-order valence-corrected chi connectivity index (χ1v) is 7.79. The largest absolute Gasteiger partial charge is 0.502 e. The SMILES string of the molecule is CCCc1cc(OC)c(O)c(OC2OC(C(=O)O)C(O)C(O)C2O)c1. The van der Waals surface area contributed by atoms with Crippen LogP contribution in [0.3, 0.4) is 0 Å². The Morgan fingerprint density at radius 2 is 1.80 bits per heavy atom. The van der Waals surface area contributed by atoms with Gasteiger partial charge in [-0.3, -0.25) is 0 Å². The minimum absolute atomic E-state index is 0.0976. The number of aliphatic carboxylic acids is 1. The zero-order valence-corrected chi connectivity index (χ0v) is 13.8. The van der Waals surface area contributed by atoms with Crippen LogP contribution in [0.5, 0.6) is 17.2 Å². The number of carboxylic acids is 1. The van der Waals surface area contributed by atoms with Crippen LogP contribution < -0.4 is 9.47 Å². The number of aryl methyl sites for hydroxylation is 1. The summed E-state index contributed by atoms with van der Waals surface area (Å²) in [5.41, 5.74) is 0.785. The van der Waals surface area contributed by atoms with E-state index in [1.165, 1.54) is 13.2 Å². The van der Waals surface area contributed by atoms with E-state index in [9.17, 15) is 25.2 Å². The van der Waals surface area contributed by atoms with Crippen molar-refractivity contribution in [2.75, 3.05) is 7.11 Å². The van der Waals surface area contributed by atoms with Crippen molar-refractivity contribution in [3.63, 3.8) is 0 Å². The van der Waals surface area contributed by atoms with Gasteiger partial charge in [-0.05, 0) is 24.1 Å². The molecular formula is C16H22O9. The van der Waals surface area contributed by atoms with Crippen LogP contribution in [0.2, 0.25) is 0 Å². The molecule has 1 aromatic carbocycles. The van der Waals surface area contributed by atoms with Crippen molar-refractivity contribution in [1.29, 1.82) is 0 Å². The van der Waals surface area contributed by atoms with Gasteiger partial charge < -0.3 is 39.7 Å². The zero-order valence-electron chi connectivity index (χ0n) is 13.8. The first-order valence-electron chi connectivity index (χ1n) is 7.79. The molecule has 5 N–H and O–H groups in total. The Morgan fingerprint density at radius 3 is 2.36 bits per heavy atom. The van der Waals surface area contributed by atoms with E-state index in [2.05, 4.69) is 0 Å². The van der Waals surface area contributed by atoms with Crippen molar-refractivity contribution in [3.8, 4) is 17.2 Å². The number of hydrogen-bond donors (Lipinski definition) is 5. The average Bonchev–Trinajstić information content (AvgIpc) is 2.57. The molecule has 0 aromatic heterocycles. The van der Waals surface area contributed by atoms with Gasteiger partial charge in [0.25, 0.3) is 0 Å². The van der Waals surface area contributed by atoms with Gasteiger partial charge in [0.2, 0.25) is 12.0 Å². The third-order valence-electron chi connectivity index (χ3n) is 3.91. The molecular weight excluding hydrogens is 336 g/mol. The number of benzene rings is 1. The maximum absolute atomic E-state index is 11.1. The molecule has 9 nitrogen and oxygen atoms in total. The van der Waals surface area contributed by atoms with E-state index in [1.807, 2.05) is 6.92 Å². The molecule has 140 valence electrons. The Morgan fingerprint density at radius 1 is 1.16 bits per heavy atom. The fourth-order valence-corrected chi connectivity index (χ4v) is 2.59. The van der Waals surface area contributed by atoms with Crippen molar-refractivity contribution in [3.05, 3.63) is 17.7 Å². The molecule has 0 radical (unpaired) electrons. The van der Waals surface area contributed by atoms with E-state index in [0.717, 1.165) is 12.0 Å². The predicted molar refractivity (Wildman–Crippen MR) is 83.6 cm³/mol. The van der Waals surface area contributed by atoms with Gasteiger partial charge in [0.1, 0.15) is 18.3 Å². The highest BCUT2D eigenvalue weighted by molar-refractivity contribution is 5.73. The fraction of sp³-hybridized carbons (Fsp3) is 0.562. The Balaban J connectivity index is 2.30. The molecule has 0 amide bonds. The Kier molecular flexibility index (Phi) is 6.07. The van der Waals surface area contributed by atoms with Crippen molar-refractivity contribution >= 4 is 5.97 Å². The quantitative estimate of drug-likeness (QED) is 0.459. The Labute approximate surface area is 144 Å². The number of carbonyl (C=O) groups is 1. The third-order valence-corrected chi connectivity index (χ3v) is 3.91. The Hall–Kier alpha value is -2.07. The second-order valence-electron chi connectivity index (χ2n) is 5.75. The number of carboxylic acid groups (broad SMARTS) is 1. The molecule has 0 saturated carbocycles. The van der Waals surface area contributed by atoms with Gasteiger partial charge in [-0.2, -0.15) is 0 Å². The van der Waals surface area contributed by atoms with E-state index in [-0.39, 0.29) is 17.2 Å². The zero-order chi connectivity index (χ0) is 18.7. The van der Waals surface area contributed by atoms with Crippen LogP contribution in [-0.4, -0.2) is 69.3 Å². The number of hydrogen-bond acceptors (Lipinski definition) is 8. The molecule has 1 aromatic rings. The minimum atomic E-state index is -1.82. The molecule has 1 saturated heterocycles. The van der Waals surface area contributed by atoms with E-state index in [4.69, 9.17) is 19.3 Å². The summed E-state index contributed by atoms with van der Waals surface area (Å²) in [5, 5.41) is 48.7. The molecule has 1 fully saturated rings. The maximum Gasteiger partial charge on any atom is 0.335 e.